The zero-order valence-electron chi connectivity index (χ0n) is 16.9. The summed E-state index contributed by atoms with van der Waals surface area (Å²) in [6, 6.07) is 12.9. The van der Waals surface area contributed by atoms with Gasteiger partial charge in [0.15, 0.2) is 0 Å². The maximum Gasteiger partial charge on any atom is 0.232 e. The molecule has 2 aliphatic heterocycles. The molecule has 2 aromatic heterocycles. The number of aryl methyl sites for hydroxylation is 1. The van der Waals surface area contributed by atoms with E-state index < -0.39 is 0 Å². The van der Waals surface area contributed by atoms with Crippen molar-refractivity contribution >= 4 is 23.4 Å². The van der Waals surface area contributed by atoms with Gasteiger partial charge in [-0.05, 0) is 38.0 Å². The molecule has 0 amide bonds. The highest BCUT2D eigenvalue weighted by molar-refractivity contribution is 5.68. The van der Waals surface area contributed by atoms with Gasteiger partial charge in [-0.3, -0.25) is 0 Å². The average molecular weight is 387 g/mol. The lowest BCUT2D eigenvalue weighted by molar-refractivity contribution is 0.632. The predicted octanol–water partition coefficient (Wildman–Crippen LogP) is 2.98. The van der Waals surface area contributed by atoms with Gasteiger partial charge in [-0.15, -0.1) is 0 Å². The van der Waals surface area contributed by atoms with E-state index in [0.717, 1.165) is 56.0 Å². The molecule has 7 heteroatoms. The third kappa shape index (κ3) is 3.37. The van der Waals surface area contributed by atoms with Gasteiger partial charge in [0.2, 0.25) is 11.9 Å². The Morgan fingerprint density at radius 3 is 2.38 bits per heavy atom. The van der Waals surface area contributed by atoms with Gasteiger partial charge in [0.1, 0.15) is 5.82 Å². The number of nitrogens with zero attached hydrogens (tertiary/aromatic N) is 7. The maximum atomic E-state index is 4.98. The lowest BCUT2D eigenvalue weighted by Gasteiger charge is -2.35. The Hall–Kier alpha value is -3.22. The highest BCUT2D eigenvalue weighted by Gasteiger charge is 2.29. The molecular weight excluding hydrogens is 362 g/mol. The lowest BCUT2D eigenvalue weighted by Crippen LogP contribution is -2.47. The molecule has 148 valence electrons. The molecule has 1 aromatic carbocycles. The first kappa shape index (κ1) is 17.8. The molecule has 1 fully saturated rings. The summed E-state index contributed by atoms with van der Waals surface area (Å²) >= 11 is 0. The minimum Gasteiger partial charge on any atom is -0.353 e. The van der Waals surface area contributed by atoms with Crippen LogP contribution < -0.4 is 14.7 Å². The first-order valence-electron chi connectivity index (χ1n) is 10.2. The Balaban J connectivity index is 1.38. The van der Waals surface area contributed by atoms with Crippen LogP contribution in [0.1, 0.15) is 18.2 Å². The molecule has 3 aromatic rings. The Kier molecular flexibility index (Phi) is 4.50. The number of fused-ring (bicyclic) bond motifs is 1. The summed E-state index contributed by atoms with van der Waals surface area (Å²) in [6.45, 7) is 7.83. The van der Waals surface area contributed by atoms with Gasteiger partial charge in [0, 0.05) is 62.1 Å². The Morgan fingerprint density at radius 2 is 1.59 bits per heavy atom. The summed E-state index contributed by atoms with van der Waals surface area (Å²) in [5.74, 6) is 2.60. The second kappa shape index (κ2) is 7.31. The van der Waals surface area contributed by atoms with E-state index in [1.165, 1.54) is 11.3 Å². The van der Waals surface area contributed by atoms with E-state index in [0.29, 0.717) is 6.04 Å². The highest BCUT2D eigenvalue weighted by atomic mass is 15.4. The summed E-state index contributed by atoms with van der Waals surface area (Å²) in [7, 11) is 0. The number of aromatic nitrogens is 4. The summed E-state index contributed by atoms with van der Waals surface area (Å²) < 4.78 is 0. The normalized spacial score (nSPS) is 18.8. The molecule has 0 aliphatic carbocycles. The van der Waals surface area contributed by atoms with Crippen LogP contribution in [-0.4, -0.2) is 52.2 Å². The smallest absolute Gasteiger partial charge is 0.232 e. The van der Waals surface area contributed by atoms with Crippen LogP contribution in [-0.2, 0) is 6.42 Å². The van der Waals surface area contributed by atoms with Crippen molar-refractivity contribution in [2.75, 3.05) is 40.9 Å². The van der Waals surface area contributed by atoms with Crippen molar-refractivity contribution in [1.82, 2.24) is 19.9 Å². The minimum atomic E-state index is 0.356. The second-order valence-corrected chi connectivity index (χ2v) is 7.74. The van der Waals surface area contributed by atoms with Crippen molar-refractivity contribution in [3.05, 3.63) is 60.0 Å². The number of para-hydroxylation sites is 1. The van der Waals surface area contributed by atoms with E-state index >= 15 is 0 Å². The zero-order chi connectivity index (χ0) is 19.8. The average Bonchev–Trinajstić information content (AvgIpc) is 3.10. The zero-order valence-corrected chi connectivity index (χ0v) is 16.9. The number of rotatable bonds is 3. The molecule has 7 nitrogen and oxygen atoms in total. The number of benzene rings is 1. The quantitative estimate of drug-likeness (QED) is 0.685. The highest BCUT2D eigenvalue weighted by Crippen LogP contribution is 2.37. The van der Waals surface area contributed by atoms with Crippen LogP contribution in [0, 0.1) is 6.92 Å². The Morgan fingerprint density at radius 1 is 0.862 bits per heavy atom. The molecule has 1 atom stereocenters. The van der Waals surface area contributed by atoms with E-state index in [4.69, 9.17) is 9.97 Å². The van der Waals surface area contributed by atoms with Crippen LogP contribution in [0.25, 0.3) is 0 Å². The van der Waals surface area contributed by atoms with Crippen LogP contribution in [0.3, 0.4) is 0 Å². The standard InChI is InChI=1S/C22H25N7/c1-16-14-20(27-10-12-28(13-11-27)21-23-8-5-9-24-21)26-22(25-16)29-17(2)15-18-6-3-4-7-19(18)29/h3-9,14,17H,10-13,15H2,1-2H3. The monoisotopic (exact) mass is 387 g/mol. The first-order chi connectivity index (χ1) is 14.2. The molecular formula is C22H25N7. The van der Waals surface area contributed by atoms with Crippen molar-refractivity contribution in [2.24, 2.45) is 0 Å². The summed E-state index contributed by atoms with van der Waals surface area (Å²) in [5.41, 5.74) is 3.58. The van der Waals surface area contributed by atoms with E-state index in [9.17, 15) is 0 Å². The Labute approximate surface area is 171 Å². The number of hydrogen-bond donors (Lipinski definition) is 0. The molecule has 0 saturated carbocycles. The van der Waals surface area contributed by atoms with Crippen LogP contribution >= 0.6 is 0 Å². The molecule has 1 unspecified atom stereocenters. The molecule has 4 heterocycles. The molecule has 2 aliphatic rings. The fourth-order valence-electron chi connectivity index (χ4n) is 4.27. The van der Waals surface area contributed by atoms with E-state index in [1.54, 1.807) is 12.4 Å². The Bertz CT molecular complexity index is 999. The van der Waals surface area contributed by atoms with Gasteiger partial charge in [-0.2, -0.15) is 4.98 Å². The van der Waals surface area contributed by atoms with Crippen molar-refractivity contribution in [3.63, 3.8) is 0 Å². The fourth-order valence-corrected chi connectivity index (χ4v) is 4.27. The van der Waals surface area contributed by atoms with Gasteiger partial charge in [-0.25, -0.2) is 15.0 Å². The molecule has 0 radical (unpaired) electrons. The van der Waals surface area contributed by atoms with E-state index in [1.807, 2.05) is 6.07 Å². The van der Waals surface area contributed by atoms with Gasteiger partial charge < -0.3 is 14.7 Å². The van der Waals surface area contributed by atoms with Crippen LogP contribution in [0.2, 0.25) is 0 Å². The first-order valence-corrected chi connectivity index (χ1v) is 10.2. The van der Waals surface area contributed by atoms with Gasteiger partial charge in [0.25, 0.3) is 0 Å². The van der Waals surface area contributed by atoms with Crippen molar-refractivity contribution in [1.29, 1.82) is 0 Å². The molecule has 5 rings (SSSR count). The van der Waals surface area contributed by atoms with Gasteiger partial charge in [0.05, 0.1) is 0 Å². The maximum absolute atomic E-state index is 4.98. The third-order valence-electron chi connectivity index (χ3n) is 5.69. The largest absolute Gasteiger partial charge is 0.353 e. The molecule has 1 saturated heterocycles. The van der Waals surface area contributed by atoms with Crippen LogP contribution in [0.15, 0.2) is 48.8 Å². The van der Waals surface area contributed by atoms with Crippen LogP contribution in [0.5, 0.6) is 0 Å². The van der Waals surface area contributed by atoms with Gasteiger partial charge in [-0.1, -0.05) is 18.2 Å². The number of hydrogen-bond acceptors (Lipinski definition) is 7. The topological polar surface area (TPSA) is 61.3 Å². The van der Waals surface area contributed by atoms with Gasteiger partial charge >= 0.3 is 0 Å². The van der Waals surface area contributed by atoms with E-state index in [2.05, 4.69) is 68.8 Å². The molecule has 0 bridgehead atoms. The fraction of sp³-hybridized carbons (Fsp3) is 0.364. The summed E-state index contributed by atoms with van der Waals surface area (Å²) in [5, 5.41) is 0. The SMILES string of the molecule is Cc1cc(N2CCN(c3ncccn3)CC2)nc(N2c3ccccc3CC2C)n1. The summed E-state index contributed by atoms with van der Waals surface area (Å²) in [6.07, 6.45) is 4.62. The second-order valence-electron chi connectivity index (χ2n) is 7.74. The number of piperazine rings is 1. The van der Waals surface area contributed by atoms with Crippen molar-refractivity contribution in [3.8, 4) is 0 Å². The lowest BCUT2D eigenvalue weighted by atomic mass is 10.1. The minimum absolute atomic E-state index is 0.356. The van der Waals surface area contributed by atoms with Crippen molar-refractivity contribution < 1.29 is 0 Å². The third-order valence-corrected chi connectivity index (χ3v) is 5.69. The number of anilines is 4. The molecule has 0 spiro atoms. The predicted molar refractivity (Wildman–Crippen MR) is 115 cm³/mol. The van der Waals surface area contributed by atoms with E-state index in [-0.39, 0.29) is 0 Å². The van der Waals surface area contributed by atoms with Crippen LogP contribution in [0.4, 0.5) is 23.4 Å². The molecule has 0 N–H and O–H groups in total. The molecule has 29 heavy (non-hydrogen) atoms. The van der Waals surface area contributed by atoms with Crippen molar-refractivity contribution in [2.45, 2.75) is 26.3 Å². The summed E-state index contributed by atoms with van der Waals surface area (Å²) in [4.78, 5) is 25.3.